The average molecular weight is 395 g/mol. The summed E-state index contributed by atoms with van der Waals surface area (Å²) in [6.45, 7) is 4.24. The van der Waals surface area contributed by atoms with Gasteiger partial charge in [-0.1, -0.05) is 36.4 Å². The highest BCUT2D eigenvalue weighted by atomic mass is 32.1. The molecule has 4 nitrogen and oxygen atoms in total. The quantitative estimate of drug-likeness (QED) is 0.360. The third-order valence-electron chi connectivity index (χ3n) is 4.85. The fourth-order valence-electron chi connectivity index (χ4n) is 3.47. The van der Waals surface area contributed by atoms with E-state index in [1.807, 2.05) is 72.8 Å². The highest BCUT2D eigenvalue weighted by Crippen LogP contribution is 2.33. The van der Waals surface area contributed by atoms with Crippen molar-refractivity contribution in [2.24, 2.45) is 0 Å². The van der Waals surface area contributed by atoms with Gasteiger partial charge in [-0.15, -0.1) is 17.9 Å². The molecule has 0 fully saturated rings. The van der Waals surface area contributed by atoms with Gasteiger partial charge in [0.05, 0.1) is 11.0 Å². The molecule has 0 saturated carbocycles. The van der Waals surface area contributed by atoms with Gasteiger partial charge in [0.1, 0.15) is 10.3 Å². The predicted octanol–water partition coefficient (Wildman–Crippen LogP) is 5.83. The molecule has 5 rings (SSSR count). The highest BCUT2D eigenvalue weighted by molar-refractivity contribution is 7.25. The lowest BCUT2D eigenvalue weighted by molar-refractivity contribution is 0.0990. The molecule has 0 bridgehead atoms. The van der Waals surface area contributed by atoms with Crippen LogP contribution < -0.4 is 4.90 Å². The maximum absolute atomic E-state index is 13.3. The molecule has 140 valence electrons. The monoisotopic (exact) mass is 395 g/mol. The molecule has 5 aromatic rings. The second-order valence-electron chi connectivity index (χ2n) is 6.72. The average Bonchev–Trinajstić information content (AvgIpc) is 3.12. The molecule has 2 heterocycles. The van der Waals surface area contributed by atoms with Crippen LogP contribution in [0.25, 0.3) is 31.5 Å². The third kappa shape index (κ3) is 3.05. The van der Waals surface area contributed by atoms with Crippen LogP contribution in [0.4, 0.5) is 5.69 Å². The lowest BCUT2D eigenvalue weighted by atomic mass is 10.1. The van der Waals surface area contributed by atoms with E-state index in [2.05, 4.69) is 6.58 Å². The number of aromatic nitrogens is 2. The summed E-state index contributed by atoms with van der Waals surface area (Å²) in [6.07, 6.45) is 1.74. The van der Waals surface area contributed by atoms with E-state index in [0.717, 1.165) is 37.2 Å². The van der Waals surface area contributed by atoms with Gasteiger partial charge in [-0.25, -0.2) is 9.97 Å². The van der Waals surface area contributed by atoms with Crippen molar-refractivity contribution in [1.29, 1.82) is 0 Å². The van der Waals surface area contributed by atoms with Crippen LogP contribution in [0.15, 0.2) is 85.5 Å². The number of carbonyl (C=O) groups is 1. The topological polar surface area (TPSA) is 46.1 Å². The SMILES string of the molecule is C=CCN(C(=O)c1ccc2sc3nc4ccccc4nc3c2c1)c1ccccc1. The lowest BCUT2D eigenvalue weighted by Crippen LogP contribution is -2.30. The zero-order valence-electron chi connectivity index (χ0n) is 15.6. The summed E-state index contributed by atoms with van der Waals surface area (Å²) in [6, 6.07) is 23.3. The first-order chi connectivity index (χ1) is 14.2. The van der Waals surface area contributed by atoms with E-state index in [0.29, 0.717) is 12.1 Å². The minimum absolute atomic E-state index is 0.0638. The molecule has 0 unspecified atom stereocenters. The number of hydrogen-bond acceptors (Lipinski definition) is 4. The van der Waals surface area contributed by atoms with Gasteiger partial charge >= 0.3 is 0 Å². The zero-order chi connectivity index (χ0) is 19.8. The number of anilines is 1. The largest absolute Gasteiger partial charge is 0.305 e. The molecule has 0 aliphatic heterocycles. The summed E-state index contributed by atoms with van der Waals surface area (Å²) >= 11 is 1.60. The number of amides is 1. The van der Waals surface area contributed by atoms with Crippen molar-refractivity contribution in [2.75, 3.05) is 11.4 Å². The second-order valence-corrected chi connectivity index (χ2v) is 7.75. The number of benzene rings is 3. The van der Waals surface area contributed by atoms with Crippen molar-refractivity contribution in [1.82, 2.24) is 9.97 Å². The van der Waals surface area contributed by atoms with Crippen LogP contribution in [0, 0.1) is 0 Å². The molecular weight excluding hydrogens is 378 g/mol. The Hall–Kier alpha value is -3.57. The molecule has 2 aromatic heterocycles. The van der Waals surface area contributed by atoms with E-state index in [4.69, 9.17) is 9.97 Å². The maximum Gasteiger partial charge on any atom is 0.258 e. The molecule has 0 aliphatic carbocycles. The van der Waals surface area contributed by atoms with Gasteiger partial charge in [0, 0.05) is 27.9 Å². The van der Waals surface area contributed by atoms with Gasteiger partial charge < -0.3 is 4.90 Å². The Balaban J connectivity index is 1.64. The minimum Gasteiger partial charge on any atom is -0.305 e. The first kappa shape index (κ1) is 17.5. The van der Waals surface area contributed by atoms with Crippen molar-refractivity contribution in [3.63, 3.8) is 0 Å². The number of rotatable bonds is 4. The molecule has 1 amide bonds. The standard InChI is InChI=1S/C24H17N3OS/c1-2-14-27(17-8-4-3-5-9-17)24(28)16-12-13-21-18(15-16)22-23(29-21)26-20-11-7-6-10-19(20)25-22/h2-13,15H,1,14H2. The Bertz CT molecular complexity index is 1370. The first-order valence-electron chi connectivity index (χ1n) is 9.31. The summed E-state index contributed by atoms with van der Waals surface area (Å²) in [5, 5.41) is 0.959. The number of para-hydroxylation sites is 3. The van der Waals surface area contributed by atoms with Crippen LogP contribution in [-0.2, 0) is 0 Å². The zero-order valence-corrected chi connectivity index (χ0v) is 16.4. The minimum atomic E-state index is -0.0638. The van der Waals surface area contributed by atoms with Crippen molar-refractivity contribution in [3.8, 4) is 0 Å². The van der Waals surface area contributed by atoms with Crippen molar-refractivity contribution in [3.05, 3.63) is 91.0 Å². The number of nitrogens with zero attached hydrogens (tertiary/aromatic N) is 3. The second kappa shape index (κ2) is 7.11. The summed E-state index contributed by atoms with van der Waals surface area (Å²) in [4.78, 5) is 25.5. The number of thiophene rings is 1. The van der Waals surface area contributed by atoms with Crippen LogP contribution >= 0.6 is 11.3 Å². The van der Waals surface area contributed by atoms with Gasteiger partial charge in [0.25, 0.3) is 5.91 Å². The highest BCUT2D eigenvalue weighted by Gasteiger charge is 2.18. The van der Waals surface area contributed by atoms with Crippen molar-refractivity contribution >= 4 is 54.4 Å². The fourth-order valence-corrected chi connectivity index (χ4v) is 4.48. The smallest absolute Gasteiger partial charge is 0.258 e. The van der Waals surface area contributed by atoms with Crippen LogP contribution in [0.2, 0.25) is 0 Å². The van der Waals surface area contributed by atoms with Gasteiger partial charge in [-0.2, -0.15) is 0 Å². The van der Waals surface area contributed by atoms with E-state index in [-0.39, 0.29) is 5.91 Å². The lowest BCUT2D eigenvalue weighted by Gasteiger charge is -2.21. The molecule has 0 radical (unpaired) electrons. The van der Waals surface area contributed by atoms with Crippen molar-refractivity contribution < 1.29 is 4.79 Å². The van der Waals surface area contributed by atoms with Crippen LogP contribution in [0.3, 0.4) is 0 Å². The third-order valence-corrected chi connectivity index (χ3v) is 5.91. The van der Waals surface area contributed by atoms with Gasteiger partial charge in [-0.05, 0) is 42.5 Å². The molecule has 29 heavy (non-hydrogen) atoms. The Morgan fingerprint density at radius 1 is 0.966 bits per heavy atom. The van der Waals surface area contributed by atoms with E-state index in [1.165, 1.54) is 0 Å². The first-order valence-corrected chi connectivity index (χ1v) is 10.1. The Morgan fingerprint density at radius 2 is 1.69 bits per heavy atom. The van der Waals surface area contributed by atoms with Crippen LogP contribution in [-0.4, -0.2) is 22.4 Å². The molecule has 0 saturated heterocycles. The number of hydrogen-bond donors (Lipinski definition) is 0. The Morgan fingerprint density at radius 3 is 2.45 bits per heavy atom. The maximum atomic E-state index is 13.3. The molecule has 0 N–H and O–H groups in total. The summed E-state index contributed by atoms with van der Waals surface area (Å²) in [5.74, 6) is -0.0638. The summed E-state index contributed by atoms with van der Waals surface area (Å²) < 4.78 is 1.07. The van der Waals surface area contributed by atoms with Gasteiger partial charge in [0.15, 0.2) is 0 Å². The number of carbonyl (C=O) groups excluding carboxylic acids is 1. The molecule has 3 aromatic carbocycles. The predicted molar refractivity (Wildman–Crippen MR) is 121 cm³/mol. The van der Waals surface area contributed by atoms with Crippen molar-refractivity contribution in [2.45, 2.75) is 0 Å². The Labute approximate surface area is 171 Å². The summed E-state index contributed by atoms with van der Waals surface area (Å²) in [5.41, 5.74) is 4.04. The normalized spacial score (nSPS) is 11.2. The summed E-state index contributed by atoms with van der Waals surface area (Å²) in [7, 11) is 0. The van der Waals surface area contributed by atoms with Gasteiger partial charge in [0.2, 0.25) is 0 Å². The molecule has 0 aliphatic rings. The van der Waals surface area contributed by atoms with E-state index in [9.17, 15) is 4.79 Å². The van der Waals surface area contributed by atoms with Crippen LogP contribution in [0.1, 0.15) is 10.4 Å². The molecule has 5 heteroatoms. The van der Waals surface area contributed by atoms with E-state index in [1.54, 1.807) is 22.3 Å². The Kier molecular flexibility index (Phi) is 4.30. The van der Waals surface area contributed by atoms with E-state index < -0.39 is 0 Å². The molecular formula is C24H17N3OS. The molecule has 0 spiro atoms. The van der Waals surface area contributed by atoms with Crippen LogP contribution in [0.5, 0.6) is 0 Å². The van der Waals surface area contributed by atoms with Gasteiger partial charge in [-0.3, -0.25) is 4.79 Å². The fraction of sp³-hybridized carbons (Fsp3) is 0.0417. The number of fused-ring (bicyclic) bond motifs is 4. The molecule has 0 atom stereocenters. The van der Waals surface area contributed by atoms with E-state index >= 15 is 0 Å².